The highest BCUT2D eigenvalue weighted by molar-refractivity contribution is 6.05. The third-order valence-corrected chi connectivity index (χ3v) is 6.16. The summed E-state index contributed by atoms with van der Waals surface area (Å²) in [6, 6.07) is -0.321. The Bertz CT molecular complexity index is 492. The van der Waals surface area contributed by atoms with E-state index in [-0.39, 0.29) is 36.2 Å². The molecule has 0 aromatic rings. The van der Waals surface area contributed by atoms with Crippen molar-refractivity contribution in [2.45, 2.75) is 38.5 Å². The summed E-state index contributed by atoms with van der Waals surface area (Å²) in [5.41, 5.74) is -0.226. The fraction of sp³-hybridized carbons (Fsp3) is 0.812. The Balaban J connectivity index is 1.53. The number of hydrogen-bond acceptors (Lipinski definition) is 3. The summed E-state index contributed by atoms with van der Waals surface area (Å²) in [6.07, 6.45) is 6.84. The Morgan fingerprint density at radius 2 is 1.62 bits per heavy atom. The Kier molecular flexibility index (Phi) is 2.72. The van der Waals surface area contributed by atoms with E-state index < -0.39 is 0 Å². The summed E-state index contributed by atoms with van der Waals surface area (Å²) >= 11 is 0. The number of amides is 3. The van der Waals surface area contributed by atoms with Crippen LogP contribution in [0.2, 0.25) is 0 Å². The minimum Gasteiger partial charge on any atom is -0.318 e. The predicted molar refractivity (Wildman–Crippen MR) is 75.4 cm³/mol. The van der Waals surface area contributed by atoms with E-state index >= 15 is 0 Å². The zero-order valence-electron chi connectivity index (χ0n) is 12.5. The lowest BCUT2D eigenvalue weighted by Gasteiger charge is -2.56. The standard InChI is InChI=1S/C16H22N2O3/c1-17-9-14(20)18(15(17)21)8-13(19)16-5-10-2-11(6-16)4-12(3-10)7-16/h10-12H,2-9H2,1H3. The maximum absolute atomic E-state index is 12.9. The van der Waals surface area contributed by atoms with Gasteiger partial charge in [-0.1, -0.05) is 0 Å². The molecule has 5 nitrogen and oxygen atoms in total. The highest BCUT2D eigenvalue weighted by Gasteiger charge is 2.55. The molecule has 21 heavy (non-hydrogen) atoms. The van der Waals surface area contributed by atoms with Crippen LogP contribution in [0.4, 0.5) is 4.79 Å². The summed E-state index contributed by atoms with van der Waals surface area (Å²) in [5.74, 6) is 2.01. The van der Waals surface area contributed by atoms with Crippen LogP contribution in [-0.2, 0) is 9.59 Å². The molecule has 1 heterocycles. The number of imide groups is 1. The van der Waals surface area contributed by atoms with Gasteiger partial charge in [0, 0.05) is 12.5 Å². The molecule has 4 saturated carbocycles. The van der Waals surface area contributed by atoms with Gasteiger partial charge in [0.05, 0.1) is 6.54 Å². The van der Waals surface area contributed by atoms with Crippen molar-refractivity contribution < 1.29 is 14.4 Å². The molecule has 0 aromatic carbocycles. The molecule has 0 spiro atoms. The van der Waals surface area contributed by atoms with Gasteiger partial charge in [-0.2, -0.15) is 0 Å². The van der Waals surface area contributed by atoms with Crippen LogP contribution in [0, 0.1) is 23.2 Å². The number of likely N-dealkylation sites (N-methyl/N-ethyl adjacent to an activating group) is 1. The van der Waals surface area contributed by atoms with Crippen molar-refractivity contribution in [3.63, 3.8) is 0 Å². The van der Waals surface area contributed by atoms with Crippen molar-refractivity contribution >= 4 is 17.7 Å². The highest BCUT2D eigenvalue weighted by Crippen LogP contribution is 2.60. The first-order chi connectivity index (χ1) is 9.97. The van der Waals surface area contributed by atoms with Crippen molar-refractivity contribution in [3.05, 3.63) is 0 Å². The molecule has 0 radical (unpaired) electrons. The smallest absolute Gasteiger partial charge is 0.318 e. The number of rotatable bonds is 3. The number of hydrogen-bond donors (Lipinski definition) is 0. The lowest BCUT2D eigenvalue weighted by atomic mass is 9.48. The third kappa shape index (κ3) is 1.93. The number of ketones is 1. The minimum absolute atomic E-state index is 0.00579. The number of urea groups is 1. The van der Waals surface area contributed by atoms with E-state index in [2.05, 4.69) is 0 Å². The largest absolute Gasteiger partial charge is 0.327 e. The maximum atomic E-state index is 12.9. The van der Waals surface area contributed by atoms with Gasteiger partial charge in [0.25, 0.3) is 5.91 Å². The monoisotopic (exact) mass is 290 g/mol. The first-order valence-electron chi connectivity index (χ1n) is 8.05. The van der Waals surface area contributed by atoms with Gasteiger partial charge in [0.15, 0.2) is 5.78 Å². The van der Waals surface area contributed by atoms with E-state index in [9.17, 15) is 14.4 Å². The molecule has 5 heteroatoms. The van der Waals surface area contributed by atoms with E-state index in [1.807, 2.05) is 0 Å². The Hall–Kier alpha value is -1.39. The predicted octanol–water partition coefficient (Wildman–Crippen LogP) is 1.67. The van der Waals surface area contributed by atoms with Gasteiger partial charge in [0.2, 0.25) is 0 Å². The fourth-order valence-corrected chi connectivity index (χ4v) is 5.59. The van der Waals surface area contributed by atoms with Gasteiger partial charge in [-0.25, -0.2) is 4.79 Å². The van der Waals surface area contributed by atoms with E-state index in [0.29, 0.717) is 17.8 Å². The first-order valence-corrected chi connectivity index (χ1v) is 8.05. The lowest BCUT2D eigenvalue weighted by Crippen LogP contribution is -2.53. The summed E-state index contributed by atoms with van der Waals surface area (Å²) in [5, 5.41) is 0. The summed E-state index contributed by atoms with van der Waals surface area (Å²) in [6.45, 7) is 0.0984. The molecule has 4 aliphatic carbocycles. The molecule has 0 N–H and O–H groups in total. The molecule has 114 valence electrons. The summed E-state index contributed by atoms with van der Waals surface area (Å²) < 4.78 is 0. The van der Waals surface area contributed by atoms with Crippen LogP contribution in [0.15, 0.2) is 0 Å². The molecule has 1 saturated heterocycles. The second kappa shape index (κ2) is 4.31. The zero-order chi connectivity index (χ0) is 14.8. The summed E-state index contributed by atoms with van der Waals surface area (Å²) in [7, 11) is 1.61. The molecule has 5 rings (SSSR count). The number of Topliss-reactive ketones (excluding diaryl/α,β-unsaturated/α-hetero) is 1. The average molecular weight is 290 g/mol. The molecule has 4 bridgehead atoms. The van der Waals surface area contributed by atoms with E-state index in [4.69, 9.17) is 0 Å². The van der Waals surface area contributed by atoms with Crippen molar-refractivity contribution in [2.75, 3.05) is 20.1 Å². The van der Waals surface area contributed by atoms with Crippen molar-refractivity contribution in [1.82, 2.24) is 9.80 Å². The molecule has 0 aromatic heterocycles. The zero-order valence-corrected chi connectivity index (χ0v) is 12.5. The fourth-order valence-electron chi connectivity index (χ4n) is 5.59. The van der Waals surface area contributed by atoms with Crippen molar-refractivity contribution in [2.24, 2.45) is 23.2 Å². The molecule has 0 atom stereocenters. The van der Waals surface area contributed by atoms with Crippen LogP contribution in [0.25, 0.3) is 0 Å². The van der Waals surface area contributed by atoms with E-state index in [1.54, 1.807) is 7.05 Å². The van der Waals surface area contributed by atoms with Gasteiger partial charge in [-0.3, -0.25) is 14.5 Å². The number of carbonyl (C=O) groups is 3. The van der Waals surface area contributed by atoms with E-state index in [0.717, 1.165) is 24.2 Å². The first kappa shape index (κ1) is 13.3. The second-order valence-corrected chi connectivity index (χ2v) is 7.74. The van der Waals surface area contributed by atoms with Gasteiger partial charge < -0.3 is 4.90 Å². The number of carbonyl (C=O) groups excluding carboxylic acids is 3. The molecule has 5 aliphatic rings. The van der Waals surface area contributed by atoms with Gasteiger partial charge >= 0.3 is 6.03 Å². The van der Waals surface area contributed by atoms with Gasteiger partial charge in [-0.15, -0.1) is 0 Å². The van der Waals surface area contributed by atoms with Gasteiger partial charge in [0.1, 0.15) is 6.54 Å². The normalized spacial score (nSPS) is 41.3. The molecule has 5 fully saturated rings. The Morgan fingerprint density at radius 3 is 2.05 bits per heavy atom. The van der Waals surface area contributed by atoms with Crippen LogP contribution < -0.4 is 0 Å². The highest BCUT2D eigenvalue weighted by atomic mass is 16.2. The SMILES string of the molecule is CN1CC(=O)N(CC(=O)C23CC4CC(CC(C4)C2)C3)C1=O. The van der Waals surface area contributed by atoms with Gasteiger partial charge in [-0.05, 0) is 56.3 Å². The van der Waals surface area contributed by atoms with Crippen molar-refractivity contribution in [1.29, 1.82) is 0 Å². The molecular weight excluding hydrogens is 268 g/mol. The van der Waals surface area contributed by atoms with Crippen LogP contribution in [0.1, 0.15) is 38.5 Å². The van der Waals surface area contributed by atoms with Crippen LogP contribution in [-0.4, -0.2) is 47.7 Å². The Morgan fingerprint density at radius 1 is 1.10 bits per heavy atom. The van der Waals surface area contributed by atoms with Crippen LogP contribution in [0.3, 0.4) is 0 Å². The molecule has 1 aliphatic heterocycles. The molecule has 3 amide bonds. The number of nitrogens with zero attached hydrogens (tertiary/aromatic N) is 2. The topological polar surface area (TPSA) is 57.7 Å². The maximum Gasteiger partial charge on any atom is 0.327 e. The quantitative estimate of drug-likeness (QED) is 0.743. The lowest BCUT2D eigenvalue weighted by molar-refractivity contribution is -0.146. The van der Waals surface area contributed by atoms with E-state index in [1.165, 1.54) is 24.2 Å². The average Bonchev–Trinajstić information content (AvgIpc) is 2.64. The van der Waals surface area contributed by atoms with Crippen LogP contribution in [0.5, 0.6) is 0 Å². The van der Waals surface area contributed by atoms with Crippen molar-refractivity contribution in [3.8, 4) is 0 Å². The summed E-state index contributed by atoms with van der Waals surface area (Å²) in [4.78, 5) is 39.2. The third-order valence-electron chi connectivity index (χ3n) is 6.16. The molecular formula is C16H22N2O3. The minimum atomic E-state index is -0.321. The second-order valence-electron chi connectivity index (χ2n) is 7.74. The van der Waals surface area contributed by atoms with Crippen LogP contribution >= 0.6 is 0 Å². The Labute approximate surface area is 124 Å². The molecule has 0 unspecified atom stereocenters.